The van der Waals surface area contributed by atoms with Crippen molar-refractivity contribution in [1.29, 1.82) is 5.26 Å². The molecule has 2 amide bonds. The molecular weight excluding hydrogens is 342 g/mol. The third-order valence-electron chi connectivity index (χ3n) is 3.84. The minimum absolute atomic E-state index is 0.000702. The van der Waals surface area contributed by atoms with Crippen LogP contribution in [0.4, 0.5) is 5.00 Å². The summed E-state index contributed by atoms with van der Waals surface area (Å²) in [7, 11) is 0. The minimum Gasteiger partial charge on any atom is -0.365 e. The standard InChI is InChI=1S/C17H15N3O2S2/c18-9-10(8-11-4-3-7-23-11)16(22)20-17-14(15(19)21)12-5-1-2-6-13(12)24-17/h3-4,7-8H,1-2,5-6H2,(H2,19,21)(H,20,22)/b10-8-. The Balaban J connectivity index is 1.90. The van der Waals surface area contributed by atoms with Gasteiger partial charge in [0, 0.05) is 9.75 Å². The number of carbonyl (C=O) groups is 2. The lowest BCUT2D eigenvalue weighted by atomic mass is 9.95. The maximum atomic E-state index is 12.4. The maximum absolute atomic E-state index is 12.4. The number of thiophene rings is 2. The Bertz CT molecular complexity index is 857. The Morgan fingerprint density at radius 2 is 2.12 bits per heavy atom. The Labute approximate surface area is 147 Å². The van der Waals surface area contributed by atoms with Gasteiger partial charge in [-0.25, -0.2) is 0 Å². The molecule has 0 atom stereocenters. The monoisotopic (exact) mass is 357 g/mol. The zero-order valence-electron chi connectivity index (χ0n) is 12.8. The summed E-state index contributed by atoms with van der Waals surface area (Å²) in [5.41, 5.74) is 6.87. The summed E-state index contributed by atoms with van der Waals surface area (Å²) in [4.78, 5) is 26.2. The molecule has 122 valence electrons. The molecular formula is C17H15N3O2S2. The molecule has 5 nitrogen and oxygen atoms in total. The zero-order valence-corrected chi connectivity index (χ0v) is 14.4. The second-order valence-corrected chi connectivity index (χ2v) is 7.50. The van der Waals surface area contributed by atoms with Crippen molar-refractivity contribution in [3.63, 3.8) is 0 Å². The van der Waals surface area contributed by atoms with Gasteiger partial charge in [0.15, 0.2) is 0 Å². The largest absolute Gasteiger partial charge is 0.365 e. The lowest BCUT2D eigenvalue weighted by Gasteiger charge is -2.11. The Morgan fingerprint density at radius 1 is 1.33 bits per heavy atom. The number of primary amides is 1. The van der Waals surface area contributed by atoms with Crippen LogP contribution in [0.15, 0.2) is 23.1 Å². The first-order valence-corrected chi connectivity index (χ1v) is 9.20. The number of hydrogen-bond acceptors (Lipinski definition) is 5. The molecule has 0 saturated carbocycles. The smallest absolute Gasteiger partial charge is 0.266 e. The predicted molar refractivity (Wildman–Crippen MR) is 96.0 cm³/mol. The molecule has 0 bridgehead atoms. The number of fused-ring (bicyclic) bond motifs is 1. The van der Waals surface area contributed by atoms with Crippen molar-refractivity contribution in [1.82, 2.24) is 0 Å². The maximum Gasteiger partial charge on any atom is 0.266 e. The molecule has 2 heterocycles. The van der Waals surface area contributed by atoms with E-state index in [0.717, 1.165) is 41.0 Å². The van der Waals surface area contributed by atoms with Crippen molar-refractivity contribution in [2.24, 2.45) is 5.73 Å². The van der Waals surface area contributed by atoms with Gasteiger partial charge in [0.25, 0.3) is 11.8 Å². The molecule has 24 heavy (non-hydrogen) atoms. The van der Waals surface area contributed by atoms with E-state index >= 15 is 0 Å². The number of nitrogens with two attached hydrogens (primary N) is 1. The number of anilines is 1. The summed E-state index contributed by atoms with van der Waals surface area (Å²) in [5.74, 6) is -1.06. The average Bonchev–Trinajstić information content (AvgIpc) is 3.19. The molecule has 0 spiro atoms. The molecule has 0 unspecified atom stereocenters. The molecule has 1 aliphatic carbocycles. The highest BCUT2D eigenvalue weighted by Crippen LogP contribution is 2.38. The van der Waals surface area contributed by atoms with E-state index in [9.17, 15) is 14.9 Å². The van der Waals surface area contributed by atoms with Gasteiger partial charge in [0.05, 0.1) is 5.56 Å². The molecule has 3 N–H and O–H groups in total. The summed E-state index contributed by atoms with van der Waals surface area (Å²) in [6.45, 7) is 0. The highest BCUT2D eigenvalue weighted by molar-refractivity contribution is 7.17. The van der Waals surface area contributed by atoms with E-state index in [1.54, 1.807) is 0 Å². The summed E-state index contributed by atoms with van der Waals surface area (Å²) < 4.78 is 0. The summed E-state index contributed by atoms with van der Waals surface area (Å²) in [6.07, 6.45) is 5.32. The number of hydrogen-bond donors (Lipinski definition) is 2. The van der Waals surface area contributed by atoms with Crippen molar-refractivity contribution in [2.45, 2.75) is 25.7 Å². The van der Waals surface area contributed by atoms with Gasteiger partial charge in [-0.1, -0.05) is 6.07 Å². The quantitative estimate of drug-likeness (QED) is 0.649. The van der Waals surface area contributed by atoms with Crippen LogP contribution in [0.5, 0.6) is 0 Å². The fourth-order valence-corrected chi connectivity index (χ4v) is 4.70. The van der Waals surface area contributed by atoms with E-state index < -0.39 is 11.8 Å². The molecule has 0 aromatic carbocycles. The van der Waals surface area contributed by atoms with Crippen LogP contribution in [0.1, 0.15) is 38.5 Å². The van der Waals surface area contributed by atoms with Crippen LogP contribution >= 0.6 is 22.7 Å². The van der Waals surface area contributed by atoms with E-state index in [0.29, 0.717) is 10.6 Å². The summed E-state index contributed by atoms with van der Waals surface area (Å²) >= 11 is 2.83. The van der Waals surface area contributed by atoms with Crippen molar-refractivity contribution in [3.8, 4) is 6.07 Å². The molecule has 2 aromatic rings. The van der Waals surface area contributed by atoms with Gasteiger partial charge in [-0.3, -0.25) is 9.59 Å². The molecule has 7 heteroatoms. The van der Waals surface area contributed by atoms with Gasteiger partial charge in [0.1, 0.15) is 16.6 Å². The topological polar surface area (TPSA) is 96.0 Å². The first-order chi connectivity index (χ1) is 11.6. The van der Waals surface area contributed by atoms with E-state index in [-0.39, 0.29) is 5.57 Å². The van der Waals surface area contributed by atoms with Gasteiger partial charge in [-0.05, 0) is 48.8 Å². The number of rotatable bonds is 4. The summed E-state index contributed by atoms with van der Waals surface area (Å²) in [6, 6.07) is 5.59. The lowest BCUT2D eigenvalue weighted by Crippen LogP contribution is -2.19. The molecule has 2 aromatic heterocycles. The van der Waals surface area contributed by atoms with E-state index in [2.05, 4.69) is 5.32 Å². The van der Waals surface area contributed by atoms with E-state index in [1.165, 1.54) is 28.7 Å². The molecule has 0 saturated heterocycles. The van der Waals surface area contributed by atoms with Crippen molar-refractivity contribution >= 4 is 45.6 Å². The first-order valence-electron chi connectivity index (χ1n) is 7.51. The van der Waals surface area contributed by atoms with Gasteiger partial charge >= 0.3 is 0 Å². The van der Waals surface area contributed by atoms with Gasteiger partial charge in [-0.2, -0.15) is 5.26 Å². The van der Waals surface area contributed by atoms with Crippen LogP contribution in [0.2, 0.25) is 0 Å². The van der Waals surface area contributed by atoms with E-state index in [4.69, 9.17) is 5.73 Å². The second-order valence-electron chi connectivity index (χ2n) is 5.42. The third kappa shape index (κ3) is 3.25. The SMILES string of the molecule is N#C/C(=C/c1cccs1)C(=O)Nc1sc2c(c1C(N)=O)CCCC2. The van der Waals surface area contributed by atoms with Crippen LogP contribution < -0.4 is 11.1 Å². The average molecular weight is 357 g/mol. The number of carbonyl (C=O) groups excluding carboxylic acids is 2. The normalized spacial score (nSPS) is 13.9. The molecule has 0 fully saturated rings. The Hall–Kier alpha value is -2.43. The molecule has 0 aliphatic heterocycles. The molecule has 3 rings (SSSR count). The highest BCUT2D eigenvalue weighted by Gasteiger charge is 2.25. The highest BCUT2D eigenvalue weighted by atomic mass is 32.1. The minimum atomic E-state index is -0.537. The Morgan fingerprint density at radius 3 is 2.79 bits per heavy atom. The van der Waals surface area contributed by atoms with Gasteiger partial charge in [0.2, 0.25) is 0 Å². The first kappa shape index (κ1) is 16.4. The van der Waals surface area contributed by atoms with Gasteiger partial charge < -0.3 is 11.1 Å². The van der Waals surface area contributed by atoms with Crippen LogP contribution in [-0.4, -0.2) is 11.8 Å². The number of nitrogens with zero attached hydrogens (tertiary/aromatic N) is 1. The van der Waals surface area contributed by atoms with Crippen LogP contribution in [-0.2, 0) is 17.6 Å². The number of nitriles is 1. The fraction of sp³-hybridized carbons (Fsp3) is 0.235. The Kier molecular flexibility index (Phi) is 4.79. The summed E-state index contributed by atoms with van der Waals surface area (Å²) in [5, 5.41) is 14.3. The van der Waals surface area contributed by atoms with Crippen LogP contribution in [0.3, 0.4) is 0 Å². The van der Waals surface area contributed by atoms with Crippen LogP contribution in [0.25, 0.3) is 6.08 Å². The van der Waals surface area contributed by atoms with E-state index in [1.807, 2.05) is 23.6 Å². The van der Waals surface area contributed by atoms with Crippen molar-refractivity contribution in [3.05, 3.63) is 44.0 Å². The van der Waals surface area contributed by atoms with Crippen LogP contribution in [0, 0.1) is 11.3 Å². The van der Waals surface area contributed by atoms with Gasteiger partial charge in [-0.15, -0.1) is 22.7 Å². The second kappa shape index (κ2) is 6.99. The zero-order chi connectivity index (χ0) is 17.1. The number of aryl methyl sites for hydroxylation is 1. The lowest BCUT2D eigenvalue weighted by molar-refractivity contribution is -0.112. The fourth-order valence-electron chi connectivity index (χ4n) is 2.75. The number of amides is 2. The predicted octanol–water partition coefficient (Wildman–Crippen LogP) is 3.33. The molecule has 0 radical (unpaired) electrons. The number of nitrogens with one attached hydrogen (secondary N) is 1. The third-order valence-corrected chi connectivity index (χ3v) is 5.87. The molecule has 1 aliphatic rings. The van der Waals surface area contributed by atoms with Crippen molar-refractivity contribution < 1.29 is 9.59 Å². The van der Waals surface area contributed by atoms with Crippen molar-refractivity contribution in [2.75, 3.05) is 5.32 Å².